The maximum atomic E-state index is 9.14. The van der Waals surface area contributed by atoms with Crippen LogP contribution in [0.2, 0.25) is 0 Å². The van der Waals surface area contributed by atoms with E-state index in [2.05, 4.69) is 26.1 Å². The third kappa shape index (κ3) is 3.81. The topological polar surface area (TPSA) is 67.5 Å². The summed E-state index contributed by atoms with van der Waals surface area (Å²) in [6.07, 6.45) is 0.689. The third-order valence-electron chi connectivity index (χ3n) is 3.05. The monoisotopic (exact) mass is 252 g/mol. The molecule has 0 saturated carbocycles. The van der Waals surface area contributed by atoms with Crippen molar-refractivity contribution in [1.29, 1.82) is 0 Å². The molecule has 0 aliphatic rings. The van der Waals surface area contributed by atoms with E-state index in [0.29, 0.717) is 12.1 Å². The lowest BCUT2D eigenvalue weighted by Gasteiger charge is -2.32. The van der Waals surface area contributed by atoms with E-state index < -0.39 is 0 Å². The molecule has 0 aliphatic heterocycles. The predicted octanol–water partition coefficient (Wildman–Crippen LogP) is 2.49. The molecule has 1 aromatic rings. The number of anilines is 2. The van der Waals surface area contributed by atoms with Gasteiger partial charge in [-0.05, 0) is 24.0 Å². The minimum atomic E-state index is 0.0507. The van der Waals surface area contributed by atoms with Crippen molar-refractivity contribution < 1.29 is 9.84 Å². The van der Waals surface area contributed by atoms with Gasteiger partial charge < -0.3 is 20.9 Å². The Labute approximate surface area is 109 Å². The fraction of sp³-hybridized carbons (Fsp3) is 0.571. The van der Waals surface area contributed by atoms with E-state index in [4.69, 9.17) is 15.6 Å². The lowest BCUT2D eigenvalue weighted by molar-refractivity contribution is 0.235. The number of aliphatic hydroxyl groups is 1. The Morgan fingerprint density at radius 3 is 2.50 bits per heavy atom. The number of hydrogen-bond acceptors (Lipinski definition) is 4. The largest absolute Gasteiger partial charge is 0.497 e. The molecular formula is C14H24N2O2. The van der Waals surface area contributed by atoms with Crippen LogP contribution in [0.5, 0.6) is 5.75 Å². The Morgan fingerprint density at radius 1 is 1.39 bits per heavy atom. The standard InChI is InChI=1S/C14H24N2O2/c1-14(2,3)13(7-8-17)16-12-6-5-10(18-4)9-11(12)15/h5-6,9,13,16-17H,7-8,15H2,1-4H3. The molecule has 4 N–H and O–H groups in total. The van der Waals surface area contributed by atoms with E-state index >= 15 is 0 Å². The number of methoxy groups -OCH3 is 1. The highest BCUT2D eigenvalue weighted by molar-refractivity contribution is 5.68. The second-order valence-corrected chi connectivity index (χ2v) is 5.53. The highest BCUT2D eigenvalue weighted by Crippen LogP contribution is 2.30. The first-order chi connectivity index (χ1) is 8.38. The molecule has 18 heavy (non-hydrogen) atoms. The van der Waals surface area contributed by atoms with Crippen molar-refractivity contribution in [2.24, 2.45) is 5.41 Å². The van der Waals surface area contributed by atoms with Crippen LogP contribution < -0.4 is 15.8 Å². The summed E-state index contributed by atoms with van der Waals surface area (Å²) < 4.78 is 5.12. The van der Waals surface area contributed by atoms with Crippen molar-refractivity contribution in [1.82, 2.24) is 0 Å². The summed E-state index contributed by atoms with van der Waals surface area (Å²) in [6.45, 7) is 6.57. The first-order valence-electron chi connectivity index (χ1n) is 6.19. The fourth-order valence-electron chi connectivity index (χ4n) is 1.84. The second-order valence-electron chi connectivity index (χ2n) is 5.53. The fourth-order valence-corrected chi connectivity index (χ4v) is 1.84. The van der Waals surface area contributed by atoms with E-state index in [1.807, 2.05) is 12.1 Å². The molecule has 4 nitrogen and oxygen atoms in total. The molecule has 1 unspecified atom stereocenters. The minimum absolute atomic E-state index is 0.0507. The Balaban J connectivity index is 2.87. The zero-order valence-electron chi connectivity index (χ0n) is 11.7. The number of benzene rings is 1. The molecule has 0 fully saturated rings. The SMILES string of the molecule is COc1ccc(NC(CCO)C(C)(C)C)c(N)c1. The van der Waals surface area contributed by atoms with Crippen LogP contribution in [0.1, 0.15) is 27.2 Å². The molecule has 1 aromatic carbocycles. The van der Waals surface area contributed by atoms with Gasteiger partial charge in [-0.1, -0.05) is 20.8 Å². The number of nitrogen functional groups attached to an aromatic ring is 1. The zero-order chi connectivity index (χ0) is 13.8. The van der Waals surface area contributed by atoms with Gasteiger partial charge in [0.15, 0.2) is 0 Å². The van der Waals surface area contributed by atoms with Crippen LogP contribution >= 0.6 is 0 Å². The van der Waals surface area contributed by atoms with Gasteiger partial charge in [0, 0.05) is 18.7 Å². The Morgan fingerprint density at radius 2 is 2.06 bits per heavy atom. The van der Waals surface area contributed by atoms with Gasteiger partial charge in [-0.25, -0.2) is 0 Å². The average Bonchev–Trinajstić information content (AvgIpc) is 2.29. The Bertz CT molecular complexity index is 386. The van der Waals surface area contributed by atoms with Gasteiger partial charge in [-0.3, -0.25) is 0 Å². The predicted molar refractivity (Wildman–Crippen MR) is 76.0 cm³/mol. The van der Waals surface area contributed by atoms with Gasteiger partial charge >= 0.3 is 0 Å². The maximum Gasteiger partial charge on any atom is 0.121 e. The van der Waals surface area contributed by atoms with Crippen LogP contribution in [0.25, 0.3) is 0 Å². The van der Waals surface area contributed by atoms with E-state index in [1.54, 1.807) is 13.2 Å². The van der Waals surface area contributed by atoms with E-state index in [1.165, 1.54) is 0 Å². The van der Waals surface area contributed by atoms with Crippen LogP contribution in [0.3, 0.4) is 0 Å². The van der Waals surface area contributed by atoms with E-state index in [9.17, 15) is 0 Å². The second kappa shape index (κ2) is 5.96. The van der Waals surface area contributed by atoms with Gasteiger partial charge in [-0.2, -0.15) is 0 Å². The van der Waals surface area contributed by atoms with Gasteiger partial charge in [0.2, 0.25) is 0 Å². The molecular weight excluding hydrogens is 228 g/mol. The van der Waals surface area contributed by atoms with Crippen LogP contribution in [0.4, 0.5) is 11.4 Å². The highest BCUT2D eigenvalue weighted by atomic mass is 16.5. The summed E-state index contributed by atoms with van der Waals surface area (Å²) >= 11 is 0. The molecule has 0 bridgehead atoms. The van der Waals surface area contributed by atoms with Crippen molar-refractivity contribution in [3.63, 3.8) is 0 Å². The smallest absolute Gasteiger partial charge is 0.121 e. The molecule has 0 aliphatic carbocycles. The van der Waals surface area contributed by atoms with Crippen LogP contribution in [0.15, 0.2) is 18.2 Å². The first kappa shape index (κ1) is 14.6. The van der Waals surface area contributed by atoms with Crippen LogP contribution in [-0.4, -0.2) is 24.9 Å². The normalized spacial score (nSPS) is 13.2. The van der Waals surface area contributed by atoms with Gasteiger partial charge in [0.25, 0.3) is 0 Å². The number of ether oxygens (including phenoxy) is 1. The molecule has 1 rings (SSSR count). The quantitative estimate of drug-likeness (QED) is 0.704. The van der Waals surface area contributed by atoms with E-state index in [-0.39, 0.29) is 18.1 Å². The molecule has 102 valence electrons. The molecule has 0 amide bonds. The number of rotatable bonds is 5. The molecule has 0 spiro atoms. The third-order valence-corrected chi connectivity index (χ3v) is 3.05. The van der Waals surface area contributed by atoms with Crippen LogP contribution in [-0.2, 0) is 0 Å². The molecule has 1 atom stereocenters. The van der Waals surface area contributed by atoms with Crippen molar-refractivity contribution in [2.75, 3.05) is 24.8 Å². The summed E-state index contributed by atoms with van der Waals surface area (Å²) in [7, 11) is 1.62. The lowest BCUT2D eigenvalue weighted by atomic mass is 9.84. The maximum absolute atomic E-state index is 9.14. The molecule has 0 aromatic heterocycles. The molecule has 0 saturated heterocycles. The van der Waals surface area contributed by atoms with Crippen LogP contribution in [0, 0.1) is 5.41 Å². The molecule has 4 heteroatoms. The average molecular weight is 252 g/mol. The number of nitrogens with two attached hydrogens (primary N) is 1. The lowest BCUT2D eigenvalue weighted by Crippen LogP contribution is -2.35. The molecule has 0 radical (unpaired) electrons. The Hall–Kier alpha value is -1.42. The Kier molecular flexibility index (Phi) is 4.84. The van der Waals surface area contributed by atoms with Gasteiger partial charge in [0.1, 0.15) is 5.75 Å². The summed E-state index contributed by atoms with van der Waals surface area (Å²) in [6, 6.07) is 5.74. The minimum Gasteiger partial charge on any atom is -0.497 e. The summed E-state index contributed by atoms with van der Waals surface area (Å²) in [5.41, 5.74) is 7.56. The van der Waals surface area contributed by atoms with Gasteiger partial charge in [0.05, 0.1) is 18.5 Å². The van der Waals surface area contributed by atoms with Crippen molar-refractivity contribution in [3.8, 4) is 5.75 Å². The molecule has 0 heterocycles. The number of hydrogen-bond donors (Lipinski definition) is 3. The first-order valence-corrected chi connectivity index (χ1v) is 6.19. The summed E-state index contributed by atoms with van der Waals surface area (Å²) in [5.74, 6) is 0.743. The van der Waals surface area contributed by atoms with E-state index in [0.717, 1.165) is 11.4 Å². The summed E-state index contributed by atoms with van der Waals surface area (Å²) in [5, 5.41) is 12.5. The van der Waals surface area contributed by atoms with Crippen molar-refractivity contribution in [2.45, 2.75) is 33.2 Å². The number of nitrogens with one attached hydrogen (secondary N) is 1. The summed E-state index contributed by atoms with van der Waals surface area (Å²) in [4.78, 5) is 0. The highest BCUT2D eigenvalue weighted by Gasteiger charge is 2.24. The van der Waals surface area contributed by atoms with Gasteiger partial charge in [-0.15, -0.1) is 0 Å². The zero-order valence-corrected chi connectivity index (χ0v) is 11.7. The van der Waals surface area contributed by atoms with Crippen molar-refractivity contribution in [3.05, 3.63) is 18.2 Å². The van der Waals surface area contributed by atoms with Crippen molar-refractivity contribution >= 4 is 11.4 Å². The number of aliphatic hydroxyl groups excluding tert-OH is 1.